The van der Waals surface area contributed by atoms with Crippen LogP contribution in [-0.4, -0.2) is 22.9 Å². The van der Waals surface area contributed by atoms with E-state index in [4.69, 9.17) is 14.6 Å². The highest BCUT2D eigenvalue weighted by atomic mass is 16.7. The number of nitrogens with one attached hydrogen (secondary N) is 1. The Morgan fingerprint density at radius 3 is 3.00 bits per heavy atom. The quantitative estimate of drug-likeness (QED) is 0.887. The summed E-state index contributed by atoms with van der Waals surface area (Å²) >= 11 is 0. The largest absolute Gasteiger partial charge is 0.478 e. The molecule has 102 valence electrons. The lowest BCUT2D eigenvalue weighted by Gasteiger charge is -2.09. The van der Waals surface area contributed by atoms with Gasteiger partial charge >= 0.3 is 5.97 Å². The number of hydrogen-bond donors (Lipinski definition) is 2. The average molecular weight is 272 g/mol. The van der Waals surface area contributed by atoms with Crippen molar-refractivity contribution in [1.29, 1.82) is 0 Å². The number of benzene rings is 1. The summed E-state index contributed by atoms with van der Waals surface area (Å²) in [6.45, 7) is 0.709. The Bertz CT molecular complexity index is 657. The zero-order chi connectivity index (χ0) is 13.9. The monoisotopic (exact) mass is 272 g/mol. The third kappa shape index (κ3) is 2.35. The van der Waals surface area contributed by atoms with Gasteiger partial charge in [-0.3, -0.25) is 4.98 Å². The molecule has 0 amide bonds. The molecule has 0 saturated carbocycles. The van der Waals surface area contributed by atoms with E-state index in [0.29, 0.717) is 18.0 Å². The van der Waals surface area contributed by atoms with E-state index in [1.165, 1.54) is 18.5 Å². The minimum Gasteiger partial charge on any atom is -0.478 e. The first-order valence-electron chi connectivity index (χ1n) is 6.04. The third-order valence-electron chi connectivity index (χ3n) is 2.97. The number of fused-ring (bicyclic) bond motifs is 1. The van der Waals surface area contributed by atoms with Crippen LogP contribution in [0.1, 0.15) is 15.9 Å². The van der Waals surface area contributed by atoms with Gasteiger partial charge in [0.2, 0.25) is 6.79 Å². The molecule has 6 heteroatoms. The zero-order valence-electron chi connectivity index (χ0n) is 10.5. The van der Waals surface area contributed by atoms with Crippen LogP contribution in [0.3, 0.4) is 0 Å². The fourth-order valence-electron chi connectivity index (χ4n) is 1.97. The van der Waals surface area contributed by atoms with E-state index < -0.39 is 5.97 Å². The number of rotatable bonds is 4. The number of aromatic nitrogens is 1. The van der Waals surface area contributed by atoms with Crippen LogP contribution in [0.2, 0.25) is 0 Å². The molecule has 0 atom stereocenters. The zero-order valence-corrected chi connectivity index (χ0v) is 10.5. The molecule has 0 saturated heterocycles. The van der Waals surface area contributed by atoms with Gasteiger partial charge in [0.05, 0.1) is 17.4 Å². The molecule has 1 aliphatic rings. The van der Waals surface area contributed by atoms with E-state index in [1.54, 1.807) is 0 Å². The van der Waals surface area contributed by atoms with E-state index >= 15 is 0 Å². The summed E-state index contributed by atoms with van der Waals surface area (Å²) in [7, 11) is 0. The molecule has 6 nitrogen and oxygen atoms in total. The highest BCUT2D eigenvalue weighted by Crippen LogP contribution is 2.32. The first-order valence-corrected chi connectivity index (χ1v) is 6.04. The molecule has 0 spiro atoms. The van der Waals surface area contributed by atoms with E-state index in [0.717, 1.165) is 11.3 Å². The second-order valence-electron chi connectivity index (χ2n) is 4.27. The van der Waals surface area contributed by atoms with Crippen LogP contribution in [-0.2, 0) is 6.54 Å². The second-order valence-corrected chi connectivity index (χ2v) is 4.27. The maximum absolute atomic E-state index is 11.1. The number of aromatic carboxylic acids is 1. The summed E-state index contributed by atoms with van der Waals surface area (Å²) < 4.78 is 10.5. The van der Waals surface area contributed by atoms with Gasteiger partial charge in [0.15, 0.2) is 11.5 Å². The Morgan fingerprint density at radius 2 is 2.15 bits per heavy atom. The molecule has 1 aliphatic heterocycles. The molecule has 2 N–H and O–H groups in total. The number of anilines is 1. The lowest BCUT2D eigenvalue weighted by Crippen LogP contribution is -2.06. The van der Waals surface area contributed by atoms with Gasteiger partial charge in [0.25, 0.3) is 0 Å². The van der Waals surface area contributed by atoms with Crippen molar-refractivity contribution in [2.24, 2.45) is 0 Å². The van der Waals surface area contributed by atoms with Crippen molar-refractivity contribution in [3.63, 3.8) is 0 Å². The number of hydrogen-bond acceptors (Lipinski definition) is 5. The number of pyridine rings is 1. The lowest BCUT2D eigenvalue weighted by molar-refractivity contribution is 0.0697. The normalized spacial score (nSPS) is 12.2. The minimum absolute atomic E-state index is 0.195. The lowest BCUT2D eigenvalue weighted by atomic mass is 10.2. The molecule has 0 unspecified atom stereocenters. The second kappa shape index (κ2) is 5.08. The van der Waals surface area contributed by atoms with Crippen LogP contribution in [0.15, 0.2) is 36.7 Å². The maximum atomic E-state index is 11.1. The number of ether oxygens (including phenoxy) is 2. The van der Waals surface area contributed by atoms with Crippen molar-refractivity contribution in [3.05, 3.63) is 47.8 Å². The minimum atomic E-state index is -0.986. The van der Waals surface area contributed by atoms with Crippen molar-refractivity contribution in [2.75, 3.05) is 12.1 Å². The Hall–Kier alpha value is -2.76. The fourth-order valence-corrected chi connectivity index (χ4v) is 1.97. The van der Waals surface area contributed by atoms with Gasteiger partial charge in [-0.05, 0) is 23.8 Å². The van der Waals surface area contributed by atoms with Crippen molar-refractivity contribution < 1.29 is 19.4 Å². The van der Waals surface area contributed by atoms with Crippen LogP contribution in [0, 0.1) is 0 Å². The van der Waals surface area contributed by atoms with Crippen LogP contribution < -0.4 is 14.8 Å². The van der Waals surface area contributed by atoms with Crippen LogP contribution in [0.5, 0.6) is 11.5 Å². The first kappa shape index (κ1) is 12.3. The van der Waals surface area contributed by atoms with Gasteiger partial charge in [-0.1, -0.05) is 6.07 Å². The Labute approximate surface area is 115 Å². The van der Waals surface area contributed by atoms with Gasteiger partial charge in [0, 0.05) is 12.7 Å². The van der Waals surface area contributed by atoms with Gasteiger partial charge in [0.1, 0.15) is 0 Å². The smallest absolute Gasteiger partial charge is 0.337 e. The molecule has 20 heavy (non-hydrogen) atoms. The topological polar surface area (TPSA) is 80.7 Å². The highest BCUT2D eigenvalue weighted by Gasteiger charge is 2.14. The summed E-state index contributed by atoms with van der Waals surface area (Å²) in [6, 6.07) is 7.06. The van der Waals surface area contributed by atoms with Gasteiger partial charge < -0.3 is 19.9 Å². The predicted molar refractivity (Wildman–Crippen MR) is 71.1 cm³/mol. The Balaban J connectivity index is 1.75. The van der Waals surface area contributed by atoms with Crippen LogP contribution in [0.4, 0.5) is 5.69 Å². The van der Waals surface area contributed by atoms with Crippen molar-refractivity contribution in [1.82, 2.24) is 4.98 Å². The van der Waals surface area contributed by atoms with Gasteiger partial charge in [-0.25, -0.2) is 4.79 Å². The standard InChI is InChI=1S/C14H12N2O4/c17-14(18)10-3-4-15-7-11(10)16-6-9-1-2-12-13(5-9)20-8-19-12/h1-5,7,16H,6,8H2,(H,17,18). The maximum Gasteiger partial charge on any atom is 0.337 e. The fraction of sp³-hybridized carbons (Fsp3) is 0.143. The Kier molecular flexibility index (Phi) is 3.12. The molecular weight excluding hydrogens is 260 g/mol. The molecule has 0 aliphatic carbocycles. The summed E-state index contributed by atoms with van der Waals surface area (Å²) in [5, 5.41) is 12.1. The predicted octanol–water partition coefficient (Wildman–Crippen LogP) is 2.12. The molecule has 0 fully saturated rings. The van der Waals surface area contributed by atoms with E-state index in [9.17, 15) is 4.79 Å². The summed E-state index contributed by atoms with van der Waals surface area (Å²) in [5.74, 6) is 0.441. The molecule has 1 aromatic heterocycles. The van der Waals surface area contributed by atoms with Gasteiger partial charge in [-0.2, -0.15) is 0 Å². The van der Waals surface area contributed by atoms with Crippen molar-refractivity contribution >= 4 is 11.7 Å². The third-order valence-corrected chi connectivity index (χ3v) is 2.97. The summed E-state index contributed by atoms with van der Waals surface area (Å²) in [4.78, 5) is 15.0. The highest BCUT2D eigenvalue weighted by molar-refractivity contribution is 5.93. The first-order chi connectivity index (χ1) is 9.74. The van der Waals surface area contributed by atoms with E-state index in [-0.39, 0.29) is 12.4 Å². The molecule has 3 rings (SSSR count). The van der Waals surface area contributed by atoms with Crippen LogP contribution in [0.25, 0.3) is 0 Å². The van der Waals surface area contributed by atoms with Gasteiger partial charge in [-0.15, -0.1) is 0 Å². The van der Waals surface area contributed by atoms with E-state index in [1.807, 2.05) is 18.2 Å². The van der Waals surface area contributed by atoms with Crippen molar-refractivity contribution in [3.8, 4) is 11.5 Å². The molecule has 2 heterocycles. The molecule has 1 aromatic carbocycles. The number of carboxylic acid groups (broad SMARTS) is 1. The molecule has 0 bridgehead atoms. The average Bonchev–Trinajstić information content (AvgIpc) is 2.92. The molecule has 0 radical (unpaired) electrons. The summed E-state index contributed by atoms with van der Waals surface area (Å²) in [6.07, 6.45) is 2.95. The van der Waals surface area contributed by atoms with E-state index in [2.05, 4.69) is 10.3 Å². The SMILES string of the molecule is O=C(O)c1ccncc1NCc1ccc2c(c1)OCO2. The number of carboxylic acids is 1. The number of nitrogens with zero attached hydrogens (tertiary/aromatic N) is 1. The van der Waals surface area contributed by atoms with Crippen LogP contribution >= 0.6 is 0 Å². The Morgan fingerprint density at radius 1 is 1.30 bits per heavy atom. The molecular formula is C14H12N2O4. The molecule has 2 aromatic rings. The number of carbonyl (C=O) groups is 1. The van der Waals surface area contributed by atoms with Crippen molar-refractivity contribution in [2.45, 2.75) is 6.54 Å². The summed E-state index contributed by atoms with van der Waals surface area (Å²) in [5.41, 5.74) is 1.65.